The normalized spacial score (nSPS) is 22.4. The lowest BCUT2D eigenvalue weighted by Gasteiger charge is -2.19. The zero-order valence-corrected chi connectivity index (χ0v) is 15.1. The summed E-state index contributed by atoms with van der Waals surface area (Å²) in [6.45, 7) is 4.37. The van der Waals surface area contributed by atoms with Gasteiger partial charge in [-0.2, -0.15) is 0 Å². The number of nitrogens with zero attached hydrogens (tertiary/aromatic N) is 1. The van der Waals surface area contributed by atoms with Crippen LogP contribution in [0.25, 0.3) is 0 Å². The molecule has 2 N–H and O–H groups in total. The maximum Gasteiger partial charge on any atom is 0.317 e. The second kappa shape index (κ2) is 8.40. The maximum absolute atomic E-state index is 12.3. The van der Waals surface area contributed by atoms with Gasteiger partial charge in [0.15, 0.2) is 0 Å². The predicted octanol–water partition coefficient (Wildman–Crippen LogP) is 2.17. The molecule has 2 aliphatic rings. The molecule has 3 rings (SSSR count). The second-order valence-electron chi connectivity index (χ2n) is 6.99. The van der Waals surface area contributed by atoms with E-state index in [0.29, 0.717) is 26.1 Å². The molecule has 0 radical (unpaired) electrons. The van der Waals surface area contributed by atoms with Crippen molar-refractivity contribution >= 4 is 12.0 Å². The molecule has 7 heteroatoms. The summed E-state index contributed by atoms with van der Waals surface area (Å²) in [5.41, 5.74) is 1.99. The number of rotatable bonds is 6. The van der Waals surface area contributed by atoms with Gasteiger partial charge in [-0.3, -0.25) is 4.79 Å². The molecule has 26 heavy (non-hydrogen) atoms. The van der Waals surface area contributed by atoms with Gasteiger partial charge in [0.1, 0.15) is 12.4 Å². The van der Waals surface area contributed by atoms with Gasteiger partial charge in [0.25, 0.3) is 0 Å². The molecule has 2 aliphatic heterocycles. The highest BCUT2D eigenvalue weighted by Crippen LogP contribution is 2.23. The molecule has 0 spiro atoms. The number of benzene rings is 1. The van der Waals surface area contributed by atoms with Crippen LogP contribution < -0.4 is 10.1 Å². The van der Waals surface area contributed by atoms with Crippen LogP contribution in [0.15, 0.2) is 18.2 Å². The Labute approximate surface area is 153 Å². The van der Waals surface area contributed by atoms with E-state index in [-0.39, 0.29) is 18.7 Å². The number of carboxylic acids is 1. The van der Waals surface area contributed by atoms with E-state index < -0.39 is 11.9 Å². The Hall–Kier alpha value is -2.28. The van der Waals surface area contributed by atoms with E-state index in [9.17, 15) is 9.59 Å². The number of hydrogen-bond donors (Lipinski definition) is 2. The van der Waals surface area contributed by atoms with Crippen molar-refractivity contribution in [3.05, 3.63) is 29.3 Å². The molecule has 7 nitrogen and oxygen atoms in total. The lowest BCUT2D eigenvalue weighted by molar-refractivity contribution is -0.141. The molecule has 2 atom stereocenters. The van der Waals surface area contributed by atoms with E-state index in [2.05, 4.69) is 5.32 Å². The molecule has 0 aromatic heterocycles. The first-order chi connectivity index (χ1) is 12.5. The van der Waals surface area contributed by atoms with Crippen LogP contribution >= 0.6 is 0 Å². The fraction of sp³-hybridized carbons (Fsp3) is 0.579. The Morgan fingerprint density at radius 2 is 2.23 bits per heavy atom. The largest absolute Gasteiger partial charge is 0.491 e. The van der Waals surface area contributed by atoms with E-state index in [1.165, 1.54) is 0 Å². The molecular weight excluding hydrogens is 336 g/mol. The van der Waals surface area contributed by atoms with Gasteiger partial charge in [-0.25, -0.2) is 4.79 Å². The molecule has 2 saturated heterocycles. The van der Waals surface area contributed by atoms with E-state index in [4.69, 9.17) is 14.6 Å². The van der Waals surface area contributed by atoms with Crippen LogP contribution in [0.1, 0.15) is 30.4 Å². The number of carbonyl (C=O) groups excluding carboxylic acids is 1. The number of urea groups is 1. The quantitative estimate of drug-likeness (QED) is 0.810. The van der Waals surface area contributed by atoms with Gasteiger partial charge in [-0.1, -0.05) is 12.1 Å². The SMILES string of the molecule is Cc1ccc(CNC(=O)N2CCC(C(=O)O)C2)c(OCC2CCCO2)c1. The number of aryl methyl sites for hydroxylation is 1. The third-order valence-corrected chi connectivity index (χ3v) is 4.93. The first-order valence-electron chi connectivity index (χ1n) is 9.12. The number of aliphatic carboxylic acids is 1. The van der Waals surface area contributed by atoms with Crippen LogP contribution in [0, 0.1) is 12.8 Å². The van der Waals surface area contributed by atoms with Gasteiger partial charge in [0.2, 0.25) is 0 Å². The van der Waals surface area contributed by atoms with Crippen molar-refractivity contribution in [2.24, 2.45) is 5.92 Å². The number of likely N-dealkylation sites (tertiary alicyclic amines) is 1. The van der Waals surface area contributed by atoms with Crippen LogP contribution in [0.3, 0.4) is 0 Å². The minimum atomic E-state index is -0.844. The number of amides is 2. The molecular formula is C19H26N2O5. The first-order valence-corrected chi connectivity index (χ1v) is 9.12. The number of nitrogens with one attached hydrogen (secondary N) is 1. The van der Waals surface area contributed by atoms with E-state index in [1.54, 1.807) is 4.90 Å². The molecule has 0 bridgehead atoms. The molecule has 2 amide bonds. The number of carbonyl (C=O) groups is 2. The fourth-order valence-electron chi connectivity index (χ4n) is 3.33. The van der Waals surface area contributed by atoms with Crippen LogP contribution in [0.5, 0.6) is 5.75 Å². The van der Waals surface area contributed by atoms with Gasteiger partial charge in [-0.05, 0) is 37.8 Å². The van der Waals surface area contributed by atoms with Gasteiger partial charge in [-0.15, -0.1) is 0 Å². The topological polar surface area (TPSA) is 88.1 Å². The zero-order chi connectivity index (χ0) is 18.5. The van der Waals surface area contributed by atoms with Gasteiger partial charge < -0.3 is 24.8 Å². The Morgan fingerprint density at radius 1 is 1.38 bits per heavy atom. The monoisotopic (exact) mass is 362 g/mol. The molecule has 142 valence electrons. The Balaban J connectivity index is 1.55. The Kier molecular flexibility index (Phi) is 5.98. The van der Waals surface area contributed by atoms with Crippen molar-refractivity contribution in [2.45, 2.75) is 38.8 Å². The number of carboxylic acid groups (broad SMARTS) is 1. The zero-order valence-electron chi connectivity index (χ0n) is 15.1. The van der Waals surface area contributed by atoms with Crippen LogP contribution in [-0.4, -0.2) is 54.4 Å². The van der Waals surface area contributed by atoms with Gasteiger partial charge in [0.05, 0.1) is 12.0 Å². The van der Waals surface area contributed by atoms with Crippen LogP contribution in [-0.2, 0) is 16.1 Å². The van der Waals surface area contributed by atoms with Gasteiger partial charge >= 0.3 is 12.0 Å². The number of hydrogen-bond acceptors (Lipinski definition) is 4. The molecule has 0 saturated carbocycles. The van der Waals surface area contributed by atoms with Crippen molar-refractivity contribution in [1.29, 1.82) is 0 Å². The minimum absolute atomic E-state index is 0.135. The summed E-state index contributed by atoms with van der Waals surface area (Å²) in [5.74, 6) is -0.556. The van der Waals surface area contributed by atoms with Crippen molar-refractivity contribution in [2.75, 3.05) is 26.3 Å². The van der Waals surface area contributed by atoms with Crippen LogP contribution in [0.2, 0.25) is 0 Å². The highest BCUT2D eigenvalue weighted by Gasteiger charge is 2.30. The highest BCUT2D eigenvalue weighted by atomic mass is 16.5. The van der Waals surface area contributed by atoms with E-state index >= 15 is 0 Å². The molecule has 1 aromatic rings. The number of ether oxygens (including phenoxy) is 2. The summed E-state index contributed by atoms with van der Waals surface area (Å²) < 4.78 is 11.5. The maximum atomic E-state index is 12.3. The summed E-state index contributed by atoms with van der Waals surface area (Å²) in [4.78, 5) is 24.9. The van der Waals surface area contributed by atoms with Crippen molar-refractivity contribution < 1.29 is 24.2 Å². The van der Waals surface area contributed by atoms with E-state index in [1.807, 2.05) is 25.1 Å². The predicted molar refractivity (Wildman–Crippen MR) is 95.2 cm³/mol. The highest BCUT2D eigenvalue weighted by molar-refractivity contribution is 5.77. The Morgan fingerprint density at radius 3 is 2.92 bits per heavy atom. The third-order valence-electron chi connectivity index (χ3n) is 4.93. The Bertz CT molecular complexity index is 657. The van der Waals surface area contributed by atoms with Gasteiger partial charge in [0, 0.05) is 31.8 Å². The molecule has 0 aliphatic carbocycles. The van der Waals surface area contributed by atoms with Crippen molar-refractivity contribution in [1.82, 2.24) is 10.2 Å². The molecule has 2 fully saturated rings. The summed E-state index contributed by atoms with van der Waals surface area (Å²) in [7, 11) is 0. The molecule has 1 aromatic carbocycles. The summed E-state index contributed by atoms with van der Waals surface area (Å²) in [6, 6.07) is 5.66. The lowest BCUT2D eigenvalue weighted by atomic mass is 10.1. The summed E-state index contributed by atoms with van der Waals surface area (Å²) >= 11 is 0. The first kappa shape index (κ1) is 18.5. The molecule has 2 heterocycles. The fourth-order valence-corrected chi connectivity index (χ4v) is 3.33. The average molecular weight is 362 g/mol. The van der Waals surface area contributed by atoms with Crippen LogP contribution in [0.4, 0.5) is 4.79 Å². The smallest absolute Gasteiger partial charge is 0.317 e. The summed E-state index contributed by atoms with van der Waals surface area (Å²) in [5, 5.41) is 11.9. The molecule has 2 unspecified atom stereocenters. The average Bonchev–Trinajstić information content (AvgIpc) is 3.30. The third kappa shape index (κ3) is 4.66. The van der Waals surface area contributed by atoms with Crippen molar-refractivity contribution in [3.8, 4) is 5.75 Å². The standard InChI is InChI=1S/C19H26N2O5/c1-13-4-5-14(17(9-13)26-12-16-3-2-8-25-16)10-20-19(24)21-7-6-15(11-21)18(22)23/h4-5,9,15-16H,2-3,6-8,10-12H2,1H3,(H,20,24)(H,22,23). The van der Waals surface area contributed by atoms with Crippen molar-refractivity contribution in [3.63, 3.8) is 0 Å². The van der Waals surface area contributed by atoms with E-state index in [0.717, 1.165) is 36.3 Å². The second-order valence-corrected chi connectivity index (χ2v) is 6.99. The summed E-state index contributed by atoms with van der Waals surface area (Å²) in [6.07, 6.45) is 2.72. The minimum Gasteiger partial charge on any atom is -0.491 e. The lowest BCUT2D eigenvalue weighted by Crippen LogP contribution is -2.38.